The molecule has 1 aliphatic heterocycles. The van der Waals surface area contributed by atoms with Crippen LogP contribution in [0.1, 0.15) is 31.9 Å². The molecule has 166 valence electrons. The summed E-state index contributed by atoms with van der Waals surface area (Å²) in [4.78, 5) is 4.64. The molecule has 1 saturated heterocycles. The zero-order chi connectivity index (χ0) is 21.0. The van der Waals surface area contributed by atoms with Crippen molar-refractivity contribution < 1.29 is 9.84 Å². The molecular formula is C24H34Cl2N2O2. The Morgan fingerprint density at radius 3 is 2.40 bits per heavy atom. The first-order chi connectivity index (χ1) is 13.7. The van der Waals surface area contributed by atoms with Crippen LogP contribution in [0.5, 0.6) is 5.75 Å². The van der Waals surface area contributed by atoms with Crippen LogP contribution in [-0.2, 0) is 5.41 Å². The van der Waals surface area contributed by atoms with Gasteiger partial charge in [0.2, 0.25) is 0 Å². The molecule has 0 aliphatic carbocycles. The summed E-state index contributed by atoms with van der Waals surface area (Å²) in [5.41, 5.74) is 3.57. The number of ether oxygens (including phenoxy) is 1. The van der Waals surface area contributed by atoms with E-state index in [2.05, 4.69) is 55.7 Å². The topological polar surface area (TPSA) is 35.9 Å². The van der Waals surface area contributed by atoms with Crippen molar-refractivity contribution in [2.45, 2.75) is 39.2 Å². The van der Waals surface area contributed by atoms with Crippen LogP contribution in [0.25, 0.3) is 0 Å². The summed E-state index contributed by atoms with van der Waals surface area (Å²) in [7, 11) is 0. The minimum atomic E-state index is -0.512. The molecule has 4 nitrogen and oxygen atoms in total. The maximum atomic E-state index is 10.5. The minimum absolute atomic E-state index is 0. The second-order valence-corrected chi connectivity index (χ2v) is 9.42. The van der Waals surface area contributed by atoms with Gasteiger partial charge in [0.25, 0.3) is 0 Å². The fourth-order valence-corrected chi connectivity index (χ4v) is 3.94. The van der Waals surface area contributed by atoms with E-state index in [0.29, 0.717) is 13.2 Å². The maximum Gasteiger partial charge on any atom is 0.123 e. The number of anilines is 1. The molecular weight excluding hydrogens is 419 g/mol. The largest absolute Gasteiger partial charge is 0.491 e. The quantitative estimate of drug-likeness (QED) is 0.673. The number of aliphatic hydroxyl groups excluding tert-OH is 1. The fraction of sp³-hybridized carbons (Fsp3) is 0.500. The van der Waals surface area contributed by atoms with Crippen LogP contribution in [0, 0.1) is 6.92 Å². The standard InChI is InChI=1S/C24H33ClN2O2.ClH/c1-18-8-9-23(22(14-18)24(2,3)4)29-17-21(28)16-26-10-12-27(13-11-26)20-7-5-6-19(25)15-20;/h5-9,14-15,21,28H,10-13,16-17H2,1-4H3;1H. The number of piperazine rings is 1. The Labute approximate surface area is 192 Å². The Hall–Kier alpha value is -1.46. The van der Waals surface area contributed by atoms with Crippen LogP contribution in [-0.4, -0.2) is 55.4 Å². The summed E-state index contributed by atoms with van der Waals surface area (Å²) >= 11 is 6.11. The molecule has 1 heterocycles. The molecule has 1 aliphatic rings. The van der Waals surface area contributed by atoms with Crippen LogP contribution < -0.4 is 9.64 Å². The lowest BCUT2D eigenvalue weighted by Crippen LogP contribution is -2.49. The molecule has 0 spiro atoms. The van der Waals surface area contributed by atoms with E-state index in [9.17, 15) is 5.11 Å². The third kappa shape index (κ3) is 6.78. The number of aryl methyl sites for hydroxylation is 1. The number of nitrogens with zero attached hydrogens (tertiary/aromatic N) is 2. The lowest BCUT2D eigenvalue weighted by molar-refractivity contribution is 0.0656. The Balaban J connectivity index is 0.00000320. The number of hydrogen-bond donors (Lipinski definition) is 1. The van der Waals surface area contributed by atoms with Gasteiger partial charge in [-0.3, -0.25) is 4.90 Å². The van der Waals surface area contributed by atoms with Gasteiger partial charge in [0, 0.05) is 43.4 Å². The van der Waals surface area contributed by atoms with Crippen LogP contribution >= 0.6 is 24.0 Å². The average Bonchev–Trinajstić information content (AvgIpc) is 2.67. The van der Waals surface area contributed by atoms with Crippen LogP contribution in [0.4, 0.5) is 5.69 Å². The predicted octanol–water partition coefficient (Wildman–Crippen LogP) is 4.93. The Kier molecular flexibility index (Phi) is 8.86. The van der Waals surface area contributed by atoms with Crippen molar-refractivity contribution in [1.82, 2.24) is 4.90 Å². The molecule has 0 saturated carbocycles. The molecule has 0 amide bonds. The van der Waals surface area contributed by atoms with E-state index in [1.807, 2.05) is 24.3 Å². The first-order valence-corrected chi connectivity index (χ1v) is 10.7. The van der Waals surface area contributed by atoms with Gasteiger partial charge in [0.15, 0.2) is 0 Å². The highest BCUT2D eigenvalue weighted by Crippen LogP contribution is 2.32. The smallest absolute Gasteiger partial charge is 0.123 e. The van der Waals surface area contributed by atoms with Gasteiger partial charge >= 0.3 is 0 Å². The van der Waals surface area contributed by atoms with Crippen molar-refractivity contribution in [3.63, 3.8) is 0 Å². The summed E-state index contributed by atoms with van der Waals surface area (Å²) in [6, 6.07) is 14.3. The molecule has 0 bridgehead atoms. The van der Waals surface area contributed by atoms with Crippen molar-refractivity contribution >= 4 is 29.7 Å². The van der Waals surface area contributed by atoms with Crippen molar-refractivity contribution in [2.24, 2.45) is 0 Å². The summed E-state index contributed by atoms with van der Waals surface area (Å²) in [5.74, 6) is 0.868. The fourth-order valence-electron chi connectivity index (χ4n) is 3.75. The first-order valence-electron chi connectivity index (χ1n) is 10.4. The molecule has 6 heteroatoms. The summed E-state index contributed by atoms with van der Waals surface area (Å²) in [6.07, 6.45) is -0.512. The first kappa shape index (κ1) is 24.8. The van der Waals surface area contributed by atoms with Crippen LogP contribution in [0.15, 0.2) is 42.5 Å². The minimum Gasteiger partial charge on any atom is -0.491 e. The third-order valence-corrected chi connectivity index (χ3v) is 5.62. The highest BCUT2D eigenvalue weighted by Gasteiger charge is 2.22. The summed E-state index contributed by atoms with van der Waals surface area (Å²) in [5, 5.41) is 11.3. The molecule has 1 atom stereocenters. The zero-order valence-electron chi connectivity index (χ0n) is 18.4. The Morgan fingerprint density at radius 1 is 1.07 bits per heavy atom. The molecule has 1 N–H and O–H groups in total. The molecule has 1 unspecified atom stereocenters. The van der Waals surface area contributed by atoms with Gasteiger partial charge < -0.3 is 14.7 Å². The van der Waals surface area contributed by atoms with Gasteiger partial charge in [0.05, 0.1) is 0 Å². The van der Waals surface area contributed by atoms with Gasteiger partial charge in [-0.1, -0.05) is 56.1 Å². The molecule has 1 fully saturated rings. The number of rotatable bonds is 6. The Bertz CT molecular complexity index is 815. The summed E-state index contributed by atoms with van der Waals surface area (Å²) in [6.45, 7) is 13.3. The van der Waals surface area contributed by atoms with Gasteiger partial charge in [-0.25, -0.2) is 0 Å². The number of hydrogen-bond acceptors (Lipinski definition) is 4. The molecule has 30 heavy (non-hydrogen) atoms. The van der Waals surface area contributed by atoms with E-state index in [4.69, 9.17) is 16.3 Å². The van der Waals surface area contributed by atoms with Gasteiger partial charge in [0.1, 0.15) is 18.5 Å². The van der Waals surface area contributed by atoms with Gasteiger partial charge in [-0.2, -0.15) is 0 Å². The molecule has 2 aromatic rings. The van der Waals surface area contributed by atoms with Crippen LogP contribution in [0.3, 0.4) is 0 Å². The molecule has 3 rings (SSSR count). The van der Waals surface area contributed by atoms with Crippen molar-refractivity contribution in [1.29, 1.82) is 0 Å². The van der Waals surface area contributed by atoms with Crippen LogP contribution in [0.2, 0.25) is 5.02 Å². The van der Waals surface area contributed by atoms with Gasteiger partial charge in [-0.05, 0) is 42.2 Å². The highest BCUT2D eigenvalue weighted by atomic mass is 35.5. The second-order valence-electron chi connectivity index (χ2n) is 8.98. The average molecular weight is 453 g/mol. The van der Waals surface area contributed by atoms with E-state index in [0.717, 1.165) is 42.6 Å². The second kappa shape index (κ2) is 10.7. The SMILES string of the molecule is Cc1ccc(OCC(O)CN2CCN(c3cccc(Cl)c3)CC2)c(C(C)(C)C)c1.Cl. The number of halogens is 2. The van der Waals surface area contributed by atoms with Gasteiger partial charge in [-0.15, -0.1) is 12.4 Å². The number of benzene rings is 2. The van der Waals surface area contributed by atoms with E-state index < -0.39 is 6.10 Å². The maximum absolute atomic E-state index is 10.5. The third-order valence-electron chi connectivity index (χ3n) is 5.39. The monoisotopic (exact) mass is 452 g/mol. The van der Waals surface area contributed by atoms with E-state index in [1.54, 1.807) is 0 Å². The van der Waals surface area contributed by atoms with Crippen molar-refractivity contribution in [3.05, 3.63) is 58.6 Å². The Morgan fingerprint density at radius 2 is 1.77 bits per heavy atom. The van der Waals surface area contributed by atoms with Crippen molar-refractivity contribution in [2.75, 3.05) is 44.2 Å². The number of β-amino-alcohol motifs (C(OH)–C–C–N with tert-alkyl or cyclic N) is 1. The van der Waals surface area contributed by atoms with E-state index in [1.165, 1.54) is 11.1 Å². The molecule has 2 aromatic carbocycles. The molecule has 0 aromatic heterocycles. The van der Waals surface area contributed by atoms with Crippen molar-refractivity contribution in [3.8, 4) is 5.75 Å². The normalized spacial score (nSPS) is 16.1. The van der Waals surface area contributed by atoms with E-state index >= 15 is 0 Å². The summed E-state index contributed by atoms with van der Waals surface area (Å²) < 4.78 is 6.02. The predicted molar refractivity (Wildman–Crippen MR) is 129 cm³/mol. The lowest BCUT2D eigenvalue weighted by atomic mass is 9.85. The van der Waals surface area contributed by atoms with E-state index in [-0.39, 0.29) is 17.8 Å². The molecule has 0 radical (unpaired) electrons. The highest BCUT2D eigenvalue weighted by molar-refractivity contribution is 6.30. The zero-order valence-corrected chi connectivity index (χ0v) is 20.0. The lowest BCUT2D eigenvalue weighted by Gasteiger charge is -2.37. The number of aliphatic hydroxyl groups is 1.